The first-order valence-electron chi connectivity index (χ1n) is 5.19. The molecule has 84 valence electrons. The Morgan fingerprint density at radius 3 is 3.00 bits per heavy atom. The third-order valence-electron chi connectivity index (χ3n) is 2.44. The second kappa shape index (κ2) is 4.26. The zero-order chi connectivity index (χ0) is 11.7. The molecule has 0 bridgehead atoms. The smallest absolute Gasteiger partial charge is 0.261 e. The molecule has 0 aliphatic rings. The van der Waals surface area contributed by atoms with Crippen LogP contribution in [0.15, 0.2) is 29.3 Å². The first kappa shape index (κ1) is 11.1. The number of aryl methyl sites for hydroxylation is 1. The van der Waals surface area contributed by atoms with Gasteiger partial charge in [-0.15, -0.1) is 11.6 Å². The van der Waals surface area contributed by atoms with E-state index in [0.717, 1.165) is 5.56 Å². The fraction of sp³-hybridized carbons (Fsp3) is 0.333. The molecule has 3 nitrogen and oxygen atoms in total. The van der Waals surface area contributed by atoms with Gasteiger partial charge >= 0.3 is 0 Å². The number of hydrogen-bond donors (Lipinski definition) is 0. The summed E-state index contributed by atoms with van der Waals surface area (Å²) in [4.78, 5) is 16.3. The van der Waals surface area contributed by atoms with E-state index in [4.69, 9.17) is 11.6 Å². The molecule has 2 aromatic rings. The van der Waals surface area contributed by atoms with E-state index in [1.807, 2.05) is 26.0 Å². The lowest BCUT2D eigenvalue weighted by Gasteiger charge is -2.05. The summed E-state index contributed by atoms with van der Waals surface area (Å²) in [6.07, 6.45) is 3.92. The van der Waals surface area contributed by atoms with Gasteiger partial charge < -0.3 is 0 Å². The molecule has 0 saturated heterocycles. The third-order valence-corrected chi connectivity index (χ3v) is 2.59. The van der Waals surface area contributed by atoms with E-state index in [2.05, 4.69) is 4.98 Å². The zero-order valence-corrected chi connectivity index (χ0v) is 10.0. The fourth-order valence-electron chi connectivity index (χ4n) is 1.66. The van der Waals surface area contributed by atoms with Crippen molar-refractivity contribution in [2.45, 2.75) is 25.6 Å². The Labute approximate surface area is 98.7 Å². The largest absolute Gasteiger partial charge is 0.269 e. The van der Waals surface area contributed by atoms with E-state index in [1.165, 1.54) is 0 Å². The molecule has 0 spiro atoms. The Morgan fingerprint density at radius 1 is 1.56 bits per heavy atom. The first-order valence-corrected chi connectivity index (χ1v) is 5.62. The van der Waals surface area contributed by atoms with Gasteiger partial charge in [-0.25, -0.2) is 4.98 Å². The van der Waals surface area contributed by atoms with Crippen molar-refractivity contribution in [1.29, 1.82) is 0 Å². The number of alkyl halides is 1. The average Bonchev–Trinajstić information content (AvgIpc) is 2.22. The minimum atomic E-state index is -0.0574. The predicted octanol–water partition coefficient (Wildman–Crippen LogP) is 2.17. The van der Waals surface area contributed by atoms with Gasteiger partial charge in [0.15, 0.2) is 0 Å². The molecule has 0 aliphatic heterocycles. The Balaban J connectivity index is 2.61. The highest BCUT2D eigenvalue weighted by Gasteiger charge is 2.07. The molecule has 2 aromatic heterocycles. The number of nitrogens with zero attached hydrogens (tertiary/aromatic N) is 2. The van der Waals surface area contributed by atoms with Crippen molar-refractivity contribution < 1.29 is 0 Å². The van der Waals surface area contributed by atoms with Crippen LogP contribution in [-0.4, -0.2) is 14.8 Å². The maximum atomic E-state index is 12.0. The van der Waals surface area contributed by atoms with Gasteiger partial charge in [0.1, 0.15) is 5.65 Å². The molecule has 16 heavy (non-hydrogen) atoms. The topological polar surface area (TPSA) is 34.4 Å². The van der Waals surface area contributed by atoms with Gasteiger partial charge in [-0.05, 0) is 38.0 Å². The van der Waals surface area contributed by atoms with Crippen LogP contribution in [0.4, 0.5) is 0 Å². The van der Waals surface area contributed by atoms with Crippen LogP contribution in [0.2, 0.25) is 0 Å². The van der Waals surface area contributed by atoms with E-state index in [0.29, 0.717) is 17.6 Å². The number of hydrogen-bond acceptors (Lipinski definition) is 2. The summed E-state index contributed by atoms with van der Waals surface area (Å²) in [6.45, 7) is 3.84. The second-order valence-electron chi connectivity index (χ2n) is 4.01. The van der Waals surface area contributed by atoms with Crippen LogP contribution >= 0.6 is 11.6 Å². The monoisotopic (exact) mass is 236 g/mol. The molecule has 1 atom stereocenters. The molecule has 0 amide bonds. The number of fused-ring (bicyclic) bond motifs is 1. The highest BCUT2D eigenvalue weighted by molar-refractivity contribution is 6.20. The van der Waals surface area contributed by atoms with Crippen LogP contribution in [0.25, 0.3) is 5.65 Å². The van der Waals surface area contributed by atoms with Crippen molar-refractivity contribution in [2.75, 3.05) is 0 Å². The molecule has 2 rings (SSSR count). The second-order valence-corrected chi connectivity index (χ2v) is 4.75. The minimum Gasteiger partial charge on any atom is -0.269 e. The van der Waals surface area contributed by atoms with Crippen LogP contribution in [0.3, 0.4) is 0 Å². The van der Waals surface area contributed by atoms with Gasteiger partial charge in [0, 0.05) is 23.3 Å². The van der Waals surface area contributed by atoms with Crippen molar-refractivity contribution in [1.82, 2.24) is 9.38 Å². The quantitative estimate of drug-likeness (QED) is 0.749. The Kier molecular flexibility index (Phi) is 2.97. The summed E-state index contributed by atoms with van der Waals surface area (Å²) in [5, 5.41) is -0.0574. The van der Waals surface area contributed by atoms with Gasteiger partial charge in [0.2, 0.25) is 0 Å². The molecule has 0 N–H and O–H groups in total. The molecule has 1 unspecified atom stereocenters. The molecular formula is C12H13ClN2O. The SMILES string of the molecule is Cc1ccn2c(=O)c(CC(C)Cl)cnc2c1. The lowest BCUT2D eigenvalue weighted by Crippen LogP contribution is -2.21. The maximum absolute atomic E-state index is 12.0. The highest BCUT2D eigenvalue weighted by Crippen LogP contribution is 2.05. The van der Waals surface area contributed by atoms with E-state index in [-0.39, 0.29) is 10.9 Å². The van der Waals surface area contributed by atoms with Crippen molar-refractivity contribution in [2.24, 2.45) is 0 Å². The number of pyridine rings is 1. The highest BCUT2D eigenvalue weighted by atomic mass is 35.5. The molecule has 0 fully saturated rings. The Hall–Kier alpha value is -1.35. The first-order chi connectivity index (χ1) is 7.58. The van der Waals surface area contributed by atoms with Gasteiger partial charge in [-0.1, -0.05) is 0 Å². The summed E-state index contributed by atoms with van der Waals surface area (Å²) >= 11 is 5.88. The standard InChI is InChI=1S/C12H13ClN2O/c1-8-3-4-15-11(5-8)14-7-10(12(15)16)6-9(2)13/h3-5,7,9H,6H2,1-2H3. The van der Waals surface area contributed by atoms with Crippen LogP contribution in [0.1, 0.15) is 18.1 Å². The van der Waals surface area contributed by atoms with Gasteiger partial charge in [-0.2, -0.15) is 0 Å². The van der Waals surface area contributed by atoms with Gasteiger partial charge in [0.25, 0.3) is 5.56 Å². The Bertz CT molecular complexity index is 575. The van der Waals surface area contributed by atoms with Crippen molar-refractivity contribution in [3.05, 3.63) is 46.0 Å². The summed E-state index contributed by atoms with van der Waals surface area (Å²) in [6, 6.07) is 3.78. The maximum Gasteiger partial charge on any atom is 0.261 e. The lowest BCUT2D eigenvalue weighted by molar-refractivity contribution is 0.880. The van der Waals surface area contributed by atoms with E-state index in [1.54, 1.807) is 16.8 Å². The minimum absolute atomic E-state index is 0.0301. The predicted molar refractivity (Wildman–Crippen MR) is 65.2 cm³/mol. The fourth-order valence-corrected chi connectivity index (χ4v) is 1.82. The number of halogens is 1. The van der Waals surface area contributed by atoms with E-state index >= 15 is 0 Å². The molecule has 2 heterocycles. The lowest BCUT2D eigenvalue weighted by atomic mass is 10.2. The summed E-state index contributed by atoms with van der Waals surface area (Å²) in [5.41, 5.74) is 2.39. The summed E-state index contributed by atoms with van der Waals surface area (Å²) < 4.78 is 1.56. The normalized spacial score (nSPS) is 12.9. The van der Waals surface area contributed by atoms with Crippen LogP contribution in [-0.2, 0) is 6.42 Å². The van der Waals surface area contributed by atoms with E-state index in [9.17, 15) is 4.79 Å². The third kappa shape index (κ3) is 2.09. The average molecular weight is 237 g/mol. The number of aromatic nitrogens is 2. The van der Waals surface area contributed by atoms with Crippen molar-refractivity contribution in [3.8, 4) is 0 Å². The number of rotatable bonds is 2. The zero-order valence-electron chi connectivity index (χ0n) is 9.27. The van der Waals surface area contributed by atoms with Gasteiger partial charge in [-0.3, -0.25) is 9.20 Å². The molecule has 0 saturated carbocycles. The Morgan fingerprint density at radius 2 is 2.31 bits per heavy atom. The van der Waals surface area contributed by atoms with E-state index < -0.39 is 0 Å². The van der Waals surface area contributed by atoms with Crippen LogP contribution in [0.5, 0.6) is 0 Å². The molecule has 0 radical (unpaired) electrons. The van der Waals surface area contributed by atoms with Crippen LogP contribution < -0.4 is 5.56 Å². The van der Waals surface area contributed by atoms with Crippen LogP contribution in [0, 0.1) is 6.92 Å². The summed E-state index contributed by atoms with van der Waals surface area (Å²) in [7, 11) is 0. The van der Waals surface area contributed by atoms with Crippen molar-refractivity contribution in [3.63, 3.8) is 0 Å². The summed E-state index contributed by atoms with van der Waals surface area (Å²) in [5.74, 6) is 0. The van der Waals surface area contributed by atoms with Gasteiger partial charge in [0.05, 0.1) is 0 Å². The molecule has 0 aliphatic carbocycles. The molecular weight excluding hydrogens is 224 g/mol. The molecule has 0 aromatic carbocycles. The molecule has 4 heteroatoms. The van der Waals surface area contributed by atoms with Crippen molar-refractivity contribution >= 4 is 17.2 Å².